The standard InChI is InChI=1S/C18H15Br3O5/c1-3-24-18(23)11-4-5-15(13(20)7-11)26-16(22)9-25-17-10(2)6-12(19)8-14(17)21/h4-8H,3,9H2,1-2H3. The maximum Gasteiger partial charge on any atom is 0.349 e. The molecule has 0 radical (unpaired) electrons. The lowest BCUT2D eigenvalue weighted by atomic mass is 10.2. The lowest BCUT2D eigenvalue weighted by Crippen LogP contribution is -2.18. The van der Waals surface area contributed by atoms with Crippen molar-refractivity contribution in [1.29, 1.82) is 0 Å². The first-order valence-corrected chi connectivity index (χ1v) is 9.95. The van der Waals surface area contributed by atoms with E-state index in [0.717, 1.165) is 14.5 Å². The van der Waals surface area contributed by atoms with E-state index >= 15 is 0 Å². The van der Waals surface area contributed by atoms with Gasteiger partial charge in [-0.05, 0) is 81.6 Å². The molecule has 0 N–H and O–H groups in total. The molecule has 0 aliphatic heterocycles. The zero-order chi connectivity index (χ0) is 19.3. The summed E-state index contributed by atoms with van der Waals surface area (Å²) in [6.45, 7) is 3.64. The van der Waals surface area contributed by atoms with Gasteiger partial charge in [-0.25, -0.2) is 9.59 Å². The van der Waals surface area contributed by atoms with E-state index in [0.29, 0.717) is 21.5 Å². The fourth-order valence-electron chi connectivity index (χ4n) is 2.08. The van der Waals surface area contributed by atoms with Gasteiger partial charge >= 0.3 is 11.9 Å². The van der Waals surface area contributed by atoms with Gasteiger partial charge in [0.05, 0.1) is 21.1 Å². The summed E-state index contributed by atoms with van der Waals surface area (Å²) in [6, 6.07) is 8.31. The molecular weight excluding hydrogens is 536 g/mol. The molecule has 0 atom stereocenters. The number of hydrogen-bond acceptors (Lipinski definition) is 5. The van der Waals surface area contributed by atoms with E-state index in [1.165, 1.54) is 18.2 Å². The van der Waals surface area contributed by atoms with Crippen molar-refractivity contribution >= 4 is 59.7 Å². The highest BCUT2D eigenvalue weighted by atomic mass is 79.9. The number of ether oxygens (including phenoxy) is 3. The molecule has 0 bridgehead atoms. The molecule has 2 rings (SSSR count). The van der Waals surface area contributed by atoms with Crippen LogP contribution in [-0.4, -0.2) is 25.2 Å². The molecule has 0 heterocycles. The molecular formula is C18H15Br3O5. The first-order valence-electron chi connectivity index (χ1n) is 7.57. The van der Waals surface area contributed by atoms with Crippen molar-refractivity contribution in [2.45, 2.75) is 13.8 Å². The van der Waals surface area contributed by atoms with Crippen LogP contribution in [0.15, 0.2) is 43.7 Å². The Balaban J connectivity index is 2.01. The quantitative estimate of drug-likeness (QED) is 0.354. The maximum atomic E-state index is 12.1. The van der Waals surface area contributed by atoms with Gasteiger partial charge in [0.25, 0.3) is 0 Å². The van der Waals surface area contributed by atoms with Crippen molar-refractivity contribution in [3.05, 3.63) is 54.9 Å². The number of benzene rings is 2. The molecule has 0 saturated carbocycles. The summed E-state index contributed by atoms with van der Waals surface area (Å²) in [5, 5.41) is 0. The molecule has 0 saturated heterocycles. The number of halogens is 3. The van der Waals surface area contributed by atoms with Gasteiger partial charge in [-0.15, -0.1) is 0 Å². The minimum atomic E-state index is -0.566. The summed E-state index contributed by atoms with van der Waals surface area (Å²) in [6.07, 6.45) is 0. The molecule has 138 valence electrons. The smallest absolute Gasteiger partial charge is 0.349 e. The highest BCUT2D eigenvalue weighted by molar-refractivity contribution is 9.11. The van der Waals surface area contributed by atoms with Crippen LogP contribution in [0.3, 0.4) is 0 Å². The van der Waals surface area contributed by atoms with Crippen LogP contribution in [0.4, 0.5) is 0 Å². The van der Waals surface area contributed by atoms with Crippen LogP contribution in [0.5, 0.6) is 11.5 Å². The van der Waals surface area contributed by atoms with Crippen molar-refractivity contribution in [3.8, 4) is 11.5 Å². The number of carbonyl (C=O) groups is 2. The number of esters is 2. The first-order chi connectivity index (χ1) is 12.3. The van der Waals surface area contributed by atoms with Crippen molar-refractivity contribution in [1.82, 2.24) is 0 Å². The molecule has 0 aliphatic carbocycles. The van der Waals surface area contributed by atoms with Crippen molar-refractivity contribution in [2.24, 2.45) is 0 Å². The predicted molar refractivity (Wildman–Crippen MR) is 108 cm³/mol. The van der Waals surface area contributed by atoms with Crippen LogP contribution in [0.25, 0.3) is 0 Å². The van der Waals surface area contributed by atoms with Crippen LogP contribution >= 0.6 is 47.8 Å². The van der Waals surface area contributed by atoms with Crippen molar-refractivity contribution in [2.75, 3.05) is 13.2 Å². The lowest BCUT2D eigenvalue weighted by molar-refractivity contribution is -0.136. The zero-order valence-electron chi connectivity index (χ0n) is 14.0. The molecule has 0 spiro atoms. The van der Waals surface area contributed by atoms with E-state index in [9.17, 15) is 9.59 Å². The third-order valence-electron chi connectivity index (χ3n) is 3.20. The fourth-order valence-corrected chi connectivity index (χ4v) is 4.09. The van der Waals surface area contributed by atoms with E-state index in [-0.39, 0.29) is 13.2 Å². The van der Waals surface area contributed by atoms with Crippen LogP contribution in [0.2, 0.25) is 0 Å². The molecule has 0 aromatic heterocycles. The summed E-state index contributed by atoms with van der Waals surface area (Å²) < 4.78 is 17.9. The SMILES string of the molecule is CCOC(=O)c1ccc(OC(=O)COc2c(C)cc(Br)cc2Br)c(Br)c1. The van der Waals surface area contributed by atoms with Gasteiger partial charge in [-0.1, -0.05) is 15.9 Å². The largest absolute Gasteiger partial charge is 0.480 e. The van der Waals surface area contributed by atoms with E-state index in [1.54, 1.807) is 6.92 Å². The molecule has 26 heavy (non-hydrogen) atoms. The molecule has 2 aromatic carbocycles. The Labute approximate surface area is 176 Å². The Bertz CT molecular complexity index is 813. The highest BCUT2D eigenvalue weighted by Gasteiger charge is 2.14. The summed E-state index contributed by atoms with van der Waals surface area (Å²) >= 11 is 10.1. The van der Waals surface area contributed by atoms with Gasteiger partial charge in [0.2, 0.25) is 0 Å². The third-order valence-corrected chi connectivity index (χ3v) is 4.86. The first kappa shape index (κ1) is 20.9. The second kappa shape index (κ2) is 9.53. The van der Waals surface area contributed by atoms with Crippen LogP contribution in [0.1, 0.15) is 22.8 Å². The Kier molecular flexibility index (Phi) is 7.67. The molecule has 5 nitrogen and oxygen atoms in total. The van der Waals surface area contributed by atoms with Gasteiger partial charge in [0, 0.05) is 4.47 Å². The topological polar surface area (TPSA) is 61.8 Å². The molecule has 8 heteroatoms. The monoisotopic (exact) mass is 548 g/mol. The van der Waals surface area contributed by atoms with Crippen LogP contribution in [-0.2, 0) is 9.53 Å². The van der Waals surface area contributed by atoms with Crippen molar-refractivity contribution in [3.63, 3.8) is 0 Å². The Morgan fingerprint density at radius 3 is 2.38 bits per heavy atom. The van der Waals surface area contributed by atoms with Gasteiger partial charge in [-0.3, -0.25) is 0 Å². The van der Waals surface area contributed by atoms with Gasteiger partial charge in [0.15, 0.2) is 6.61 Å². The summed E-state index contributed by atoms with van der Waals surface area (Å²) in [5.74, 6) is -0.145. The second-order valence-electron chi connectivity index (χ2n) is 5.16. The summed E-state index contributed by atoms with van der Waals surface area (Å²) in [7, 11) is 0. The van der Waals surface area contributed by atoms with Gasteiger partial charge < -0.3 is 14.2 Å². The molecule has 0 amide bonds. The van der Waals surface area contributed by atoms with E-state index < -0.39 is 11.9 Å². The van der Waals surface area contributed by atoms with Gasteiger partial charge in [-0.2, -0.15) is 0 Å². The Morgan fingerprint density at radius 1 is 1.04 bits per heavy atom. The highest BCUT2D eigenvalue weighted by Crippen LogP contribution is 2.32. The predicted octanol–water partition coefficient (Wildman–Crippen LogP) is 5.44. The Morgan fingerprint density at radius 2 is 1.77 bits per heavy atom. The maximum absolute atomic E-state index is 12.1. The van der Waals surface area contributed by atoms with Crippen LogP contribution < -0.4 is 9.47 Å². The molecule has 2 aromatic rings. The number of rotatable bonds is 6. The summed E-state index contributed by atoms with van der Waals surface area (Å²) in [4.78, 5) is 23.8. The van der Waals surface area contributed by atoms with E-state index in [2.05, 4.69) is 47.8 Å². The minimum absolute atomic E-state index is 0.257. The van der Waals surface area contributed by atoms with Gasteiger partial charge in [0.1, 0.15) is 11.5 Å². The Hall–Kier alpha value is -1.38. The number of aryl methyl sites for hydroxylation is 1. The van der Waals surface area contributed by atoms with E-state index in [4.69, 9.17) is 14.2 Å². The fraction of sp³-hybridized carbons (Fsp3) is 0.222. The third kappa shape index (κ3) is 5.56. The van der Waals surface area contributed by atoms with Crippen molar-refractivity contribution < 1.29 is 23.8 Å². The minimum Gasteiger partial charge on any atom is -0.480 e. The number of carbonyl (C=O) groups excluding carboxylic acids is 2. The van der Waals surface area contributed by atoms with E-state index in [1.807, 2.05) is 19.1 Å². The summed E-state index contributed by atoms with van der Waals surface area (Å²) in [5.41, 5.74) is 1.24. The average Bonchev–Trinajstić information content (AvgIpc) is 2.55. The molecule has 0 aliphatic rings. The normalized spacial score (nSPS) is 10.3. The lowest BCUT2D eigenvalue weighted by Gasteiger charge is -2.12. The van der Waals surface area contributed by atoms with Crippen LogP contribution in [0, 0.1) is 6.92 Å². The molecule has 0 fully saturated rings. The number of hydrogen-bond donors (Lipinski definition) is 0. The second-order valence-corrected chi connectivity index (χ2v) is 7.79. The molecule has 0 unspecified atom stereocenters. The average molecular weight is 551 g/mol. The zero-order valence-corrected chi connectivity index (χ0v) is 18.7.